The molecule has 0 saturated carbocycles. The summed E-state index contributed by atoms with van der Waals surface area (Å²) in [7, 11) is 1.66. The van der Waals surface area contributed by atoms with Gasteiger partial charge in [-0.3, -0.25) is 0 Å². The quantitative estimate of drug-likeness (QED) is 0.571. The molecule has 178 valence electrons. The van der Waals surface area contributed by atoms with Gasteiger partial charge in [0.15, 0.2) is 0 Å². The Balaban J connectivity index is 0.000000223. The third kappa shape index (κ3) is 12.1. The van der Waals surface area contributed by atoms with Gasteiger partial charge in [0.05, 0.1) is 12.7 Å². The van der Waals surface area contributed by atoms with Crippen LogP contribution in [0.2, 0.25) is 0 Å². The summed E-state index contributed by atoms with van der Waals surface area (Å²) in [5.74, 6) is 1.69. The Morgan fingerprint density at radius 1 is 0.788 bits per heavy atom. The maximum absolute atomic E-state index is 9.96. The summed E-state index contributed by atoms with van der Waals surface area (Å²) in [6, 6.07) is 31.2. The van der Waals surface area contributed by atoms with Gasteiger partial charge in [-0.15, -0.1) is 0 Å². The molecule has 1 saturated heterocycles. The Labute approximate surface area is 198 Å². The molecule has 1 heterocycles. The van der Waals surface area contributed by atoms with Gasteiger partial charge in [-0.25, -0.2) is 0 Å². The van der Waals surface area contributed by atoms with Crippen molar-refractivity contribution >= 4 is 0 Å². The average Bonchev–Trinajstić information content (AvgIpc) is 2.87. The fourth-order valence-corrected chi connectivity index (χ4v) is 3.22. The molecule has 5 nitrogen and oxygen atoms in total. The SMILES string of the molecule is CC1(O)CCN(C[C@@H](O)COc2ccccc2)CC1.COc1ccccc1.c1ccccc1. The van der Waals surface area contributed by atoms with Crippen molar-refractivity contribution in [3.8, 4) is 11.5 Å². The number of likely N-dealkylation sites (tertiary alicyclic amines) is 1. The summed E-state index contributed by atoms with van der Waals surface area (Å²) in [5, 5.41) is 19.8. The molecular weight excluding hydrogens is 414 g/mol. The molecule has 0 aromatic heterocycles. The minimum Gasteiger partial charge on any atom is -0.497 e. The van der Waals surface area contributed by atoms with Crippen molar-refractivity contribution in [1.82, 2.24) is 4.90 Å². The highest BCUT2D eigenvalue weighted by molar-refractivity contribution is 5.21. The maximum Gasteiger partial charge on any atom is 0.119 e. The third-order valence-corrected chi connectivity index (χ3v) is 5.23. The Bertz CT molecular complexity index is 807. The van der Waals surface area contributed by atoms with E-state index in [0.717, 1.165) is 37.4 Å². The van der Waals surface area contributed by atoms with Crippen molar-refractivity contribution in [2.45, 2.75) is 31.5 Å². The molecule has 1 aliphatic heterocycles. The molecule has 0 bridgehead atoms. The molecule has 3 aromatic rings. The number of hydrogen-bond acceptors (Lipinski definition) is 5. The summed E-state index contributed by atoms with van der Waals surface area (Å²) in [4.78, 5) is 2.18. The maximum atomic E-state index is 9.96. The predicted molar refractivity (Wildman–Crippen MR) is 134 cm³/mol. The molecule has 1 fully saturated rings. The second kappa shape index (κ2) is 15.1. The number of β-amino-alcohol motifs (C(OH)–C–C–N with tert-alkyl or cyclic N) is 1. The lowest BCUT2D eigenvalue weighted by Gasteiger charge is -2.36. The van der Waals surface area contributed by atoms with Gasteiger partial charge in [-0.2, -0.15) is 0 Å². The minimum atomic E-state index is -0.540. The van der Waals surface area contributed by atoms with Crippen molar-refractivity contribution in [3.05, 3.63) is 97.1 Å². The highest BCUT2D eigenvalue weighted by atomic mass is 16.5. The molecule has 0 radical (unpaired) electrons. The molecule has 3 aromatic carbocycles. The number of hydrogen-bond donors (Lipinski definition) is 2. The van der Waals surface area contributed by atoms with E-state index in [1.54, 1.807) is 7.11 Å². The van der Waals surface area contributed by atoms with E-state index < -0.39 is 11.7 Å². The molecule has 4 rings (SSSR count). The van der Waals surface area contributed by atoms with Crippen molar-refractivity contribution < 1.29 is 19.7 Å². The lowest BCUT2D eigenvalue weighted by atomic mass is 9.94. The van der Waals surface area contributed by atoms with Crippen LogP contribution in [0.15, 0.2) is 97.1 Å². The van der Waals surface area contributed by atoms with Crippen molar-refractivity contribution in [1.29, 1.82) is 0 Å². The van der Waals surface area contributed by atoms with E-state index >= 15 is 0 Å². The van der Waals surface area contributed by atoms with Crippen LogP contribution < -0.4 is 9.47 Å². The fraction of sp³-hybridized carbons (Fsp3) is 0.357. The first kappa shape index (κ1) is 26.4. The molecule has 0 unspecified atom stereocenters. The van der Waals surface area contributed by atoms with Crippen LogP contribution in [-0.2, 0) is 0 Å². The Kier molecular flexibility index (Phi) is 12.0. The first-order valence-electron chi connectivity index (χ1n) is 11.4. The van der Waals surface area contributed by atoms with Gasteiger partial charge >= 0.3 is 0 Å². The molecule has 5 heteroatoms. The van der Waals surface area contributed by atoms with Crippen LogP contribution in [0.5, 0.6) is 11.5 Å². The third-order valence-electron chi connectivity index (χ3n) is 5.23. The summed E-state index contributed by atoms with van der Waals surface area (Å²) in [6.07, 6.45) is 1.03. The summed E-state index contributed by atoms with van der Waals surface area (Å²) >= 11 is 0. The average molecular weight is 452 g/mol. The predicted octanol–water partition coefficient (Wildman–Crippen LogP) is 4.65. The molecule has 33 heavy (non-hydrogen) atoms. The van der Waals surface area contributed by atoms with Gasteiger partial charge in [-0.05, 0) is 44.0 Å². The summed E-state index contributed by atoms with van der Waals surface area (Å²) < 4.78 is 10.4. The molecule has 2 N–H and O–H groups in total. The van der Waals surface area contributed by atoms with E-state index in [1.807, 2.05) is 104 Å². The van der Waals surface area contributed by atoms with Gasteiger partial charge in [0, 0.05) is 19.6 Å². The van der Waals surface area contributed by atoms with Gasteiger partial charge < -0.3 is 24.6 Å². The number of nitrogens with zero attached hydrogens (tertiary/aromatic N) is 1. The highest BCUT2D eigenvalue weighted by Gasteiger charge is 2.28. The van der Waals surface area contributed by atoms with Crippen molar-refractivity contribution in [2.24, 2.45) is 0 Å². The van der Waals surface area contributed by atoms with Crippen LogP contribution in [0.4, 0.5) is 0 Å². The molecule has 0 amide bonds. The monoisotopic (exact) mass is 451 g/mol. The van der Waals surface area contributed by atoms with E-state index in [0.29, 0.717) is 13.2 Å². The number of piperidine rings is 1. The number of ether oxygens (including phenoxy) is 2. The molecule has 0 aliphatic carbocycles. The number of benzene rings is 3. The number of methoxy groups -OCH3 is 1. The first-order valence-corrected chi connectivity index (χ1v) is 11.4. The van der Waals surface area contributed by atoms with E-state index in [9.17, 15) is 10.2 Å². The molecule has 1 atom stereocenters. The highest BCUT2D eigenvalue weighted by Crippen LogP contribution is 2.21. The second-order valence-corrected chi connectivity index (χ2v) is 8.25. The van der Waals surface area contributed by atoms with E-state index in [1.165, 1.54) is 0 Å². The first-order chi connectivity index (χ1) is 16.0. The van der Waals surface area contributed by atoms with E-state index in [-0.39, 0.29) is 0 Å². The lowest BCUT2D eigenvalue weighted by molar-refractivity contribution is -0.0201. The Hall–Kier alpha value is -2.86. The van der Waals surface area contributed by atoms with E-state index in [2.05, 4.69) is 4.90 Å². The normalized spacial score (nSPS) is 15.6. The minimum absolute atomic E-state index is 0.302. The zero-order chi connectivity index (χ0) is 23.8. The Morgan fingerprint density at radius 2 is 1.21 bits per heavy atom. The number of para-hydroxylation sites is 2. The van der Waals surface area contributed by atoms with Crippen LogP contribution >= 0.6 is 0 Å². The molecular formula is C28H37NO4. The van der Waals surface area contributed by atoms with Crippen LogP contribution in [0, 0.1) is 0 Å². The number of aliphatic hydroxyl groups excluding tert-OH is 1. The number of rotatable bonds is 6. The van der Waals surface area contributed by atoms with Crippen molar-refractivity contribution in [2.75, 3.05) is 33.4 Å². The van der Waals surface area contributed by atoms with Crippen molar-refractivity contribution in [3.63, 3.8) is 0 Å². The topological polar surface area (TPSA) is 62.2 Å². The van der Waals surface area contributed by atoms with Gasteiger partial charge in [-0.1, -0.05) is 72.8 Å². The largest absolute Gasteiger partial charge is 0.497 e. The fourth-order valence-electron chi connectivity index (χ4n) is 3.22. The lowest BCUT2D eigenvalue weighted by Crippen LogP contribution is -2.45. The molecule has 0 spiro atoms. The van der Waals surface area contributed by atoms with Gasteiger partial charge in [0.25, 0.3) is 0 Å². The van der Waals surface area contributed by atoms with Crippen LogP contribution in [0.25, 0.3) is 0 Å². The summed E-state index contributed by atoms with van der Waals surface area (Å²) in [6.45, 7) is 4.43. The molecule has 1 aliphatic rings. The van der Waals surface area contributed by atoms with Gasteiger partial charge in [0.1, 0.15) is 24.2 Å². The number of aliphatic hydroxyl groups is 2. The van der Waals surface area contributed by atoms with Crippen LogP contribution in [0.1, 0.15) is 19.8 Å². The van der Waals surface area contributed by atoms with Crippen LogP contribution in [-0.4, -0.2) is 60.2 Å². The van der Waals surface area contributed by atoms with Crippen LogP contribution in [0.3, 0.4) is 0 Å². The zero-order valence-corrected chi connectivity index (χ0v) is 19.7. The second-order valence-electron chi connectivity index (χ2n) is 8.25. The van der Waals surface area contributed by atoms with E-state index in [4.69, 9.17) is 9.47 Å². The standard InChI is InChI=1S/C15H23NO3.C7H8O.C6H6/c1-15(18)7-9-16(10-8-15)11-13(17)12-19-14-5-3-2-4-6-14;1-8-7-5-3-2-4-6-7;1-2-4-6-5-3-1/h2-6,13,17-18H,7-12H2,1H3;2-6H,1H3;1-6H/t13-;;/m1../s1. The Morgan fingerprint density at radius 3 is 1.64 bits per heavy atom. The smallest absolute Gasteiger partial charge is 0.119 e. The van der Waals surface area contributed by atoms with Gasteiger partial charge in [0.2, 0.25) is 0 Å². The zero-order valence-electron chi connectivity index (χ0n) is 19.7. The summed E-state index contributed by atoms with van der Waals surface area (Å²) in [5.41, 5.74) is -0.540.